The van der Waals surface area contributed by atoms with Crippen molar-refractivity contribution in [2.75, 3.05) is 7.11 Å². The highest BCUT2D eigenvalue weighted by Gasteiger charge is 2.10. The number of ether oxygens (including phenoxy) is 2. The molecular formula is C20H18O4. The molecule has 3 rings (SSSR count). The number of phenols is 1. The van der Waals surface area contributed by atoms with E-state index >= 15 is 0 Å². The SMILES string of the molecule is COc1cc(CCC(=O)Oc2cccc3ccccc23)ccc1O. The average Bonchev–Trinajstić information content (AvgIpc) is 2.61. The first kappa shape index (κ1) is 15.9. The molecule has 3 aromatic rings. The molecule has 0 fully saturated rings. The van der Waals surface area contributed by atoms with E-state index in [1.54, 1.807) is 24.3 Å². The molecule has 3 aromatic carbocycles. The summed E-state index contributed by atoms with van der Waals surface area (Å²) in [5.74, 6) is 0.759. The van der Waals surface area contributed by atoms with E-state index in [2.05, 4.69) is 0 Å². The fourth-order valence-electron chi connectivity index (χ4n) is 2.58. The third-order valence-electron chi connectivity index (χ3n) is 3.84. The van der Waals surface area contributed by atoms with E-state index in [9.17, 15) is 9.90 Å². The lowest BCUT2D eigenvalue weighted by Crippen LogP contribution is -2.09. The molecule has 0 aliphatic carbocycles. The van der Waals surface area contributed by atoms with Crippen LogP contribution in [0.5, 0.6) is 17.2 Å². The number of hydrogen-bond donors (Lipinski definition) is 1. The number of phenolic OH excluding ortho intramolecular Hbond substituents is 1. The van der Waals surface area contributed by atoms with Crippen LogP contribution in [0.2, 0.25) is 0 Å². The number of hydrogen-bond acceptors (Lipinski definition) is 4. The first-order valence-corrected chi connectivity index (χ1v) is 7.71. The Morgan fingerprint density at radius 3 is 2.62 bits per heavy atom. The maximum Gasteiger partial charge on any atom is 0.311 e. The number of carbonyl (C=O) groups excluding carboxylic acids is 1. The summed E-state index contributed by atoms with van der Waals surface area (Å²) in [6, 6.07) is 18.5. The third kappa shape index (κ3) is 3.49. The van der Waals surface area contributed by atoms with Gasteiger partial charge in [-0.3, -0.25) is 4.79 Å². The number of methoxy groups -OCH3 is 1. The molecule has 0 unspecified atom stereocenters. The first-order valence-electron chi connectivity index (χ1n) is 7.71. The van der Waals surface area contributed by atoms with Crippen LogP contribution in [-0.2, 0) is 11.2 Å². The normalized spacial score (nSPS) is 10.5. The van der Waals surface area contributed by atoms with E-state index in [1.165, 1.54) is 7.11 Å². The molecular weight excluding hydrogens is 304 g/mol. The van der Waals surface area contributed by atoms with E-state index in [0.717, 1.165) is 16.3 Å². The largest absolute Gasteiger partial charge is 0.504 e. The minimum absolute atomic E-state index is 0.0829. The molecule has 0 aromatic heterocycles. The number of aromatic hydroxyl groups is 1. The predicted molar refractivity (Wildman–Crippen MR) is 92.6 cm³/mol. The zero-order valence-corrected chi connectivity index (χ0v) is 13.4. The number of carbonyl (C=O) groups is 1. The molecule has 0 saturated carbocycles. The van der Waals surface area contributed by atoms with Gasteiger partial charge >= 0.3 is 5.97 Å². The summed E-state index contributed by atoms with van der Waals surface area (Å²) in [5.41, 5.74) is 0.902. The van der Waals surface area contributed by atoms with Gasteiger partial charge in [0.15, 0.2) is 11.5 Å². The van der Waals surface area contributed by atoms with E-state index in [4.69, 9.17) is 9.47 Å². The second-order valence-corrected chi connectivity index (χ2v) is 5.46. The summed E-state index contributed by atoms with van der Waals surface area (Å²) >= 11 is 0. The van der Waals surface area contributed by atoms with Gasteiger partial charge in [-0.05, 0) is 35.6 Å². The maximum absolute atomic E-state index is 12.1. The summed E-state index contributed by atoms with van der Waals surface area (Å²) in [5, 5.41) is 11.5. The molecule has 0 heterocycles. The van der Waals surface area contributed by atoms with Crippen LogP contribution >= 0.6 is 0 Å². The summed E-state index contributed by atoms with van der Waals surface area (Å²) in [6.45, 7) is 0. The summed E-state index contributed by atoms with van der Waals surface area (Å²) in [7, 11) is 1.49. The average molecular weight is 322 g/mol. The van der Waals surface area contributed by atoms with Crippen molar-refractivity contribution in [3.05, 3.63) is 66.2 Å². The minimum Gasteiger partial charge on any atom is -0.504 e. The molecule has 122 valence electrons. The van der Waals surface area contributed by atoms with Crippen molar-refractivity contribution in [2.24, 2.45) is 0 Å². The van der Waals surface area contributed by atoms with Crippen LogP contribution in [0.3, 0.4) is 0 Å². The van der Waals surface area contributed by atoms with Gasteiger partial charge < -0.3 is 14.6 Å². The summed E-state index contributed by atoms with van der Waals surface area (Å²) in [6.07, 6.45) is 0.761. The van der Waals surface area contributed by atoms with Gasteiger partial charge in [0, 0.05) is 11.8 Å². The number of esters is 1. The Hall–Kier alpha value is -3.01. The van der Waals surface area contributed by atoms with E-state index in [-0.39, 0.29) is 18.1 Å². The molecule has 0 bridgehead atoms. The standard InChI is InChI=1S/C20H18O4/c1-23-19-13-14(9-11-17(19)21)10-12-20(22)24-18-8-4-6-15-5-2-3-7-16(15)18/h2-9,11,13,21H,10,12H2,1H3. The Balaban J connectivity index is 1.67. The topological polar surface area (TPSA) is 55.8 Å². The number of aryl methyl sites for hydroxylation is 1. The molecule has 4 heteroatoms. The van der Waals surface area contributed by atoms with Crippen LogP contribution in [0, 0.1) is 0 Å². The van der Waals surface area contributed by atoms with Crippen LogP contribution in [0.4, 0.5) is 0 Å². The van der Waals surface area contributed by atoms with Crippen molar-refractivity contribution in [3.8, 4) is 17.2 Å². The number of rotatable bonds is 5. The Bertz CT molecular complexity index is 865. The predicted octanol–water partition coefficient (Wildman–Crippen LogP) is 4.09. The smallest absolute Gasteiger partial charge is 0.311 e. The second-order valence-electron chi connectivity index (χ2n) is 5.46. The molecule has 0 radical (unpaired) electrons. The van der Waals surface area contributed by atoms with Gasteiger partial charge in [0.2, 0.25) is 0 Å². The lowest BCUT2D eigenvalue weighted by Gasteiger charge is -2.09. The molecule has 24 heavy (non-hydrogen) atoms. The Labute approximate surface area is 140 Å². The van der Waals surface area contributed by atoms with Crippen molar-refractivity contribution in [3.63, 3.8) is 0 Å². The molecule has 0 atom stereocenters. The fourth-order valence-corrected chi connectivity index (χ4v) is 2.58. The number of benzene rings is 3. The van der Waals surface area contributed by atoms with Crippen molar-refractivity contribution < 1.29 is 19.4 Å². The van der Waals surface area contributed by atoms with Crippen LogP contribution < -0.4 is 9.47 Å². The van der Waals surface area contributed by atoms with E-state index in [1.807, 2.05) is 36.4 Å². The highest BCUT2D eigenvalue weighted by Crippen LogP contribution is 2.28. The van der Waals surface area contributed by atoms with Gasteiger partial charge in [0.05, 0.1) is 7.11 Å². The molecule has 4 nitrogen and oxygen atoms in total. The van der Waals surface area contributed by atoms with Crippen LogP contribution in [0.25, 0.3) is 10.8 Å². The van der Waals surface area contributed by atoms with Gasteiger partial charge in [-0.1, -0.05) is 42.5 Å². The molecule has 0 aliphatic rings. The highest BCUT2D eigenvalue weighted by atomic mass is 16.5. The molecule has 0 saturated heterocycles. The Kier molecular flexibility index (Phi) is 4.66. The minimum atomic E-state index is -0.293. The van der Waals surface area contributed by atoms with Crippen LogP contribution in [0.15, 0.2) is 60.7 Å². The van der Waals surface area contributed by atoms with E-state index < -0.39 is 0 Å². The van der Waals surface area contributed by atoms with Crippen LogP contribution in [-0.4, -0.2) is 18.2 Å². The zero-order valence-electron chi connectivity index (χ0n) is 13.4. The van der Waals surface area contributed by atoms with Crippen molar-refractivity contribution >= 4 is 16.7 Å². The Morgan fingerprint density at radius 1 is 1.00 bits per heavy atom. The first-order chi connectivity index (χ1) is 11.7. The van der Waals surface area contributed by atoms with Crippen LogP contribution in [0.1, 0.15) is 12.0 Å². The van der Waals surface area contributed by atoms with Gasteiger partial charge in [-0.15, -0.1) is 0 Å². The monoisotopic (exact) mass is 322 g/mol. The van der Waals surface area contributed by atoms with E-state index in [0.29, 0.717) is 17.9 Å². The molecule has 0 spiro atoms. The Morgan fingerprint density at radius 2 is 1.79 bits per heavy atom. The summed E-state index contributed by atoms with van der Waals surface area (Å²) in [4.78, 5) is 12.1. The molecule has 0 amide bonds. The van der Waals surface area contributed by atoms with Gasteiger partial charge in [-0.25, -0.2) is 0 Å². The fraction of sp³-hybridized carbons (Fsp3) is 0.150. The second kappa shape index (κ2) is 7.04. The quantitative estimate of drug-likeness (QED) is 0.568. The van der Waals surface area contributed by atoms with Crippen molar-refractivity contribution in [1.29, 1.82) is 0 Å². The van der Waals surface area contributed by atoms with Gasteiger partial charge in [-0.2, -0.15) is 0 Å². The highest BCUT2D eigenvalue weighted by molar-refractivity contribution is 5.90. The number of fused-ring (bicyclic) bond motifs is 1. The lowest BCUT2D eigenvalue weighted by atomic mass is 10.1. The molecule has 1 N–H and O–H groups in total. The van der Waals surface area contributed by atoms with Crippen molar-refractivity contribution in [1.82, 2.24) is 0 Å². The zero-order chi connectivity index (χ0) is 16.9. The molecule has 0 aliphatic heterocycles. The summed E-state index contributed by atoms with van der Waals surface area (Å²) < 4.78 is 10.6. The van der Waals surface area contributed by atoms with Crippen molar-refractivity contribution in [2.45, 2.75) is 12.8 Å². The lowest BCUT2D eigenvalue weighted by molar-refractivity contribution is -0.134. The van der Waals surface area contributed by atoms with Gasteiger partial charge in [0.1, 0.15) is 5.75 Å². The maximum atomic E-state index is 12.1. The van der Waals surface area contributed by atoms with Gasteiger partial charge in [0.25, 0.3) is 0 Å². The third-order valence-corrected chi connectivity index (χ3v) is 3.84.